The summed E-state index contributed by atoms with van der Waals surface area (Å²) in [6, 6.07) is 1.48. The van der Waals surface area contributed by atoms with Gasteiger partial charge in [0, 0.05) is 24.8 Å². The smallest absolute Gasteiger partial charge is 0.0951 e. The Balaban J connectivity index is 1.63. The van der Waals surface area contributed by atoms with Gasteiger partial charge in [-0.1, -0.05) is 32.1 Å². The number of hydrogen-bond donors (Lipinski definition) is 1. The highest BCUT2D eigenvalue weighted by Gasteiger charge is 2.21. The number of nitrogens with one attached hydrogen (secondary N) is 1. The zero-order chi connectivity index (χ0) is 12.2. The van der Waals surface area contributed by atoms with Crippen LogP contribution in [0.3, 0.4) is 0 Å². The Morgan fingerprint density at radius 2 is 1.78 bits per heavy atom. The quantitative estimate of drug-likeness (QED) is 0.883. The summed E-state index contributed by atoms with van der Waals surface area (Å²) in [6.45, 7) is 1.00. The van der Waals surface area contributed by atoms with Crippen molar-refractivity contribution >= 4 is 0 Å². The zero-order valence-corrected chi connectivity index (χ0v) is 11.3. The van der Waals surface area contributed by atoms with Crippen LogP contribution in [0.15, 0.2) is 12.5 Å². The van der Waals surface area contributed by atoms with Crippen molar-refractivity contribution < 1.29 is 0 Å². The van der Waals surface area contributed by atoms with Crippen LogP contribution in [-0.4, -0.2) is 15.6 Å². The molecular weight excluding hydrogens is 222 g/mol. The molecule has 0 aliphatic heterocycles. The van der Waals surface area contributed by atoms with Gasteiger partial charge in [-0.2, -0.15) is 0 Å². The van der Waals surface area contributed by atoms with Gasteiger partial charge in [-0.25, -0.2) is 4.98 Å². The van der Waals surface area contributed by atoms with E-state index >= 15 is 0 Å². The van der Waals surface area contributed by atoms with Gasteiger partial charge in [0.2, 0.25) is 0 Å². The molecule has 0 saturated heterocycles. The molecule has 1 heterocycles. The molecule has 0 aromatic carbocycles. The first-order valence-corrected chi connectivity index (χ1v) is 7.67. The first kappa shape index (κ1) is 12.2. The lowest BCUT2D eigenvalue weighted by molar-refractivity contribution is 0.363. The minimum Gasteiger partial charge on any atom is -0.330 e. The van der Waals surface area contributed by atoms with Crippen LogP contribution in [0.1, 0.15) is 69.5 Å². The van der Waals surface area contributed by atoms with Crippen LogP contribution in [0.25, 0.3) is 0 Å². The molecule has 0 unspecified atom stereocenters. The summed E-state index contributed by atoms with van der Waals surface area (Å²) in [5.74, 6) is 0. The van der Waals surface area contributed by atoms with Crippen molar-refractivity contribution in [3.63, 3.8) is 0 Å². The summed E-state index contributed by atoms with van der Waals surface area (Å²) >= 11 is 0. The van der Waals surface area contributed by atoms with Crippen molar-refractivity contribution in [1.29, 1.82) is 0 Å². The van der Waals surface area contributed by atoms with E-state index in [9.17, 15) is 0 Å². The molecule has 1 aromatic heterocycles. The lowest BCUT2D eigenvalue weighted by Crippen LogP contribution is -2.20. The van der Waals surface area contributed by atoms with Crippen LogP contribution in [0, 0.1) is 0 Å². The monoisotopic (exact) mass is 247 g/mol. The fraction of sp³-hybridized carbons (Fsp3) is 0.800. The van der Waals surface area contributed by atoms with Crippen molar-refractivity contribution in [3.05, 3.63) is 18.2 Å². The van der Waals surface area contributed by atoms with Gasteiger partial charge in [0.25, 0.3) is 0 Å². The predicted molar refractivity (Wildman–Crippen MR) is 73.4 cm³/mol. The summed E-state index contributed by atoms with van der Waals surface area (Å²) in [4.78, 5) is 4.37. The van der Waals surface area contributed by atoms with Crippen molar-refractivity contribution in [2.45, 2.75) is 76.4 Å². The second kappa shape index (κ2) is 5.87. The molecular formula is C15H25N3. The lowest BCUT2D eigenvalue weighted by atomic mass is 9.96. The fourth-order valence-electron chi connectivity index (χ4n) is 3.05. The van der Waals surface area contributed by atoms with Crippen LogP contribution >= 0.6 is 0 Å². The van der Waals surface area contributed by atoms with Crippen molar-refractivity contribution in [2.75, 3.05) is 0 Å². The second-order valence-corrected chi connectivity index (χ2v) is 5.95. The Labute approximate surface area is 110 Å². The molecule has 3 nitrogen and oxygen atoms in total. The third-order valence-electron chi connectivity index (χ3n) is 4.36. The molecule has 0 atom stereocenters. The van der Waals surface area contributed by atoms with Crippen molar-refractivity contribution in [2.24, 2.45) is 0 Å². The molecule has 3 rings (SSSR count). The summed E-state index contributed by atoms with van der Waals surface area (Å²) in [7, 11) is 0. The summed E-state index contributed by atoms with van der Waals surface area (Å²) in [5, 5.41) is 3.61. The molecule has 0 bridgehead atoms. The molecule has 2 aliphatic carbocycles. The summed E-state index contributed by atoms with van der Waals surface area (Å²) in [6.07, 6.45) is 16.5. The minimum atomic E-state index is 0.698. The Morgan fingerprint density at radius 1 is 1.06 bits per heavy atom. The van der Waals surface area contributed by atoms with Gasteiger partial charge in [-0.3, -0.25) is 0 Å². The zero-order valence-electron chi connectivity index (χ0n) is 11.3. The standard InChI is InChI=1S/C15H25N3/c1-2-4-6-14(7-5-3-1)18-12-16-10-15(18)11-17-13-8-9-13/h10,12-14,17H,1-9,11H2. The average Bonchev–Trinajstić information content (AvgIpc) is 3.05. The van der Waals surface area contributed by atoms with Gasteiger partial charge >= 0.3 is 0 Å². The Kier molecular flexibility index (Phi) is 3.99. The van der Waals surface area contributed by atoms with E-state index in [0.29, 0.717) is 6.04 Å². The Bertz CT molecular complexity index is 360. The molecule has 1 N–H and O–H groups in total. The summed E-state index contributed by atoms with van der Waals surface area (Å²) in [5.41, 5.74) is 1.38. The van der Waals surface area contributed by atoms with Gasteiger partial charge in [-0.05, 0) is 25.7 Å². The highest BCUT2D eigenvalue weighted by atomic mass is 15.1. The van der Waals surface area contributed by atoms with Gasteiger partial charge in [-0.15, -0.1) is 0 Å². The molecule has 1 aromatic rings. The number of rotatable bonds is 4. The molecule has 0 radical (unpaired) electrons. The maximum atomic E-state index is 4.37. The van der Waals surface area contributed by atoms with Crippen LogP contribution in [0.5, 0.6) is 0 Å². The molecule has 2 aliphatic rings. The van der Waals surface area contributed by atoms with E-state index < -0.39 is 0 Å². The maximum Gasteiger partial charge on any atom is 0.0951 e. The summed E-state index contributed by atoms with van der Waals surface area (Å²) < 4.78 is 2.45. The van der Waals surface area contributed by atoms with E-state index in [1.165, 1.54) is 63.5 Å². The molecule has 2 saturated carbocycles. The maximum absolute atomic E-state index is 4.37. The van der Waals surface area contributed by atoms with E-state index in [2.05, 4.69) is 21.2 Å². The van der Waals surface area contributed by atoms with Crippen LogP contribution in [-0.2, 0) is 6.54 Å². The third kappa shape index (κ3) is 3.14. The average molecular weight is 247 g/mol. The molecule has 0 spiro atoms. The number of nitrogens with zero attached hydrogens (tertiary/aromatic N) is 2. The SMILES string of the molecule is c1ncn(C2CCCCCCC2)c1CNC1CC1. The number of imidazole rings is 1. The topological polar surface area (TPSA) is 29.9 Å². The second-order valence-electron chi connectivity index (χ2n) is 5.95. The Morgan fingerprint density at radius 3 is 2.50 bits per heavy atom. The largest absolute Gasteiger partial charge is 0.330 e. The first-order valence-electron chi connectivity index (χ1n) is 7.67. The van der Waals surface area contributed by atoms with Crippen molar-refractivity contribution in [1.82, 2.24) is 14.9 Å². The van der Waals surface area contributed by atoms with Gasteiger partial charge < -0.3 is 9.88 Å². The van der Waals surface area contributed by atoms with E-state index in [4.69, 9.17) is 0 Å². The molecule has 100 valence electrons. The van der Waals surface area contributed by atoms with Gasteiger partial charge in [0.15, 0.2) is 0 Å². The fourth-order valence-corrected chi connectivity index (χ4v) is 3.05. The normalized spacial score (nSPS) is 22.7. The van der Waals surface area contributed by atoms with E-state index in [1.807, 2.05) is 6.20 Å². The lowest BCUT2D eigenvalue weighted by Gasteiger charge is -2.23. The van der Waals surface area contributed by atoms with Gasteiger partial charge in [0.05, 0.1) is 12.0 Å². The van der Waals surface area contributed by atoms with E-state index in [1.54, 1.807) is 0 Å². The first-order chi connectivity index (χ1) is 8.93. The molecule has 0 amide bonds. The van der Waals surface area contributed by atoms with E-state index in [-0.39, 0.29) is 0 Å². The number of hydrogen-bond acceptors (Lipinski definition) is 2. The van der Waals surface area contributed by atoms with Crippen LogP contribution < -0.4 is 5.32 Å². The molecule has 2 fully saturated rings. The van der Waals surface area contributed by atoms with Crippen molar-refractivity contribution in [3.8, 4) is 0 Å². The third-order valence-corrected chi connectivity index (χ3v) is 4.36. The molecule has 18 heavy (non-hydrogen) atoms. The van der Waals surface area contributed by atoms with Gasteiger partial charge in [0.1, 0.15) is 0 Å². The Hall–Kier alpha value is -0.830. The number of aromatic nitrogens is 2. The molecule has 3 heteroatoms. The highest BCUT2D eigenvalue weighted by Crippen LogP contribution is 2.27. The minimum absolute atomic E-state index is 0.698. The highest BCUT2D eigenvalue weighted by molar-refractivity contribution is 5.01. The van der Waals surface area contributed by atoms with Crippen LogP contribution in [0.4, 0.5) is 0 Å². The predicted octanol–water partition coefficient (Wildman–Crippen LogP) is 3.42. The van der Waals surface area contributed by atoms with E-state index in [0.717, 1.165) is 12.6 Å². The van der Waals surface area contributed by atoms with Crippen LogP contribution in [0.2, 0.25) is 0 Å².